The first kappa shape index (κ1) is 27.7. The first-order valence-electron chi connectivity index (χ1n) is 13.6. The number of nitrogens with one attached hydrogen (secondary N) is 1. The Morgan fingerprint density at radius 1 is 0.850 bits per heavy atom. The zero-order chi connectivity index (χ0) is 28.8. The third-order valence-electron chi connectivity index (χ3n) is 7.86. The highest BCUT2D eigenvalue weighted by molar-refractivity contribution is 7.93. The molecule has 0 bridgehead atoms. The third-order valence-corrected chi connectivity index (χ3v) is 9.99. The van der Waals surface area contributed by atoms with Crippen LogP contribution in [0.4, 0.5) is 17.1 Å². The molecule has 1 unspecified atom stereocenters. The Labute approximate surface area is 236 Å². The van der Waals surface area contributed by atoms with Crippen molar-refractivity contribution in [2.75, 3.05) is 40.7 Å². The summed E-state index contributed by atoms with van der Waals surface area (Å²) >= 11 is 0. The van der Waals surface area contributed by atoms with Crippen molar-refractivity contribution in [3.05, 3.63) is 82.4 Å². The van der Waals surface area contributed by atoms with E-state index in [1.807, 2.05) is 25.1 Å². The van der Waals surface area contributed by atoms with Gasteiger partial charge in [-0.3, -0.25) is 13.9 Å². The number of piperazine rings is 1. The maximum atomic E-state index is 14.3. The van der Waals surface area contributed by atoms with Crippen LogP contribution in [0.15, 0.2) is 59.5 Å². The Balaban J connectivity index is 1.43. The highest BCUT2D eigenvalue weighted by atomic mass is 32.2. The standard InChI is InChI=1S/C31H36N4O4S/c1-20-17-23(4)30(24(5)18-20)40(38,39)35-26-12-7-6-11-25(26)32-31(37)27(35)19-28(36)33-13-15-34(16-14-33)29-21(2)9-8-10-22(29)3/h6-12,17-18,27H,13-16,19H2,1-5H3,(H,32,37). The second-order valence-corrected chi connectivity index (χ2v) is 12.6. The largest absolute Gasteiger partial charge is 0.368 e. The van der Waals surface area contributed by atoms with Crippen LogP contribution in [0.2, 0.25) is 0 Å². The molecule has 0 radical (unpaired) electrons. The summed E-state index contributed by atoms with van der Waals surface area (Å²) in [5, 5.41) is 2.83. The van der Waals surface area contributed by atoms with Gasteiger partial charge in [0, 0.05) is 31.9 Å². The number of para-hydroxylation sites is 3. The fraction of sp³-hybridized carbons (Fsp3) is 0.355. The predicted octanol–water partition coefficient (Wildman–Crippen LogP) is 4.48. The normalized spacial score (nSPS) is 17.5. The molecule has 1 N–H and O–H groups in total. The molecule has 2 amide bonds. The van der Waals surface area contributed by atoms with Gasteiger partial charge in [-0.1, -0.05) is 48.0 Å². The van der Waals surface area contributed by atoms with E-state index in [1.54, 1.807) is 43.0 Å². The molecule has 210 valence electrons. The molecule has 1 fully saturated rings. The molecule has 3 aromatic rings. The number of benzene rings is 3. The summed E-state index contributed by atoms with van der Waals surface area (Å²) in [6.07, 6.45) is -0.243. The highest BCUT2D eigenvalue weighted by Gasteiger charge is 2.43. The van der Waals surface area contributed by atoms with Gasteiger partial charge in [-0.15, -0.1) is 0 Å². The van der Waals surface area contributed by atoms with Crippen LogP contribution in [-0.2, 0) is 19.6 Å². The molecule has 0 aliphatic carbocycles. The van der Waals surface area contributed by atoms with Crippen LogP contribution in [0.25, 0.3) is 0 Å². The molecular weight excluding hydrogens is 524 g/mol. The van der Waals surface area contributed by atoms with Gasteiger partial charge >= 0.3 is 0 Å². The number of nitrogens with zero attached hydrogens (tertiary/aromatic N) is 3. The Bertz CT molecular complexity index is 1550. The molecule has 2 aliphatic heterocycles. The lowest BCUT2D eigenvalue weighted by Crippen LogP contribution is -2.55. The lowest BCUT2D eigenvalue weighted by molar-refractivity contribution is -0.133. The summed E-state index contributed by atoms with van der Waals surface area (Å²) in [5.74, 6) is -0.745. The van der Waals surface area contributed by atoms with Crippen molar-refractivity contribution in [2.24, 2.45) is 0 Å². The minimum absolute atomic E-state index is 0.169. The quantitative estimate of drug-likeness (QED) is 0.497. The molecule has 1 saturated heterocycles. The zero-order valence-electron chi connectivity index (χ0n) is 23.7. The lowest BCUT2D eigenvalue weighted by atomic mass is 10.1. The van der Waals surface area contributed by atoms with Crippen LogP contribution in [0.1, 0.15) is 34.2 Å². The number of fused-ring (bicyclic) bond motifs is 1. The number of anilines is 3. The first-order valence-corrected chi connectivity index (χ1v) is 15.0. The van der Waals surface area contributed by atoms with Gasteiger partial charge in [0.1, 0.15) is 6.04 Å². The van der Waals surface area contributed by atoms with Gasteiger partial charge in [0.15, 0.2) is 0 Å². The van der Waals surface area contributed by atoms with Crippen LogP contribution in [0, 0.1) is 34.6 Å². The molecule has 40 heavy (non-hydrogen) atoms. The SMILES string of the molecule is Cc1cc(C)c(S(=O)(=O)N2c3ccccc3NC(=O)C2CC(=O)N2CCN(c3c(C)cccc3C)CC2)c(C)c1. The third kappa shape index (κ3) is 4.94. The van der Waals surface area contributed by atoms with Gasteiger partial charge in [0.2, 0.25) is 11.8 Å². The Kier molecular flexibility index (Phi) is 7.35. The Hall–Kier alpha value is -3.85. The smallest absolute Gasteiger partial charge is 0.265 e. The van der Waals surface area contributed by atoms with E-state index >= 15 is 0 Å². The maximum absolute atomic E-state index is 14.3. The zero-order valence-corrected chi connectivity index (χ0v) is 24.5. The minimum Gasteiger partial charge on any atom is -0.368 e. The van der Waals surface area contributed by atoms with Gasteiger partial charge in [-0.05, 0) is 69.0 Å². The van der Waals surface area contributed by atoms with Crippen molar-refractivity contribution >= 4 is 38.9 Å². The van der Waals surface area contributed by atoms with E-state index in [2.05, 4.69) is 36.2 Å². The monoisotopic (exact) mass is 560 g/mol. The van der Waals surface area contributed by atoms with Gasteiger partial charge in [-0.2, -0.15) is 0 Å². The molecule has 5 rings (SSSR count). The van der Waals surface area contributed by atoms with Gasteiger partial charge in [0.25, 0.3) is 10.0 Å². The van der Waals surface area contributed by atoms with E-state index in [9.17, 15) is 18.0 Å². The minimum atomic E-state index is -4.17. The van der Waals surface area contributed by atoms with Crippen LogP contribution in [0.5, 0.6) is 0 Å². The first-order chi connectivity index (χ1) is 19.0. The molecule has 3 aromatic carbocycles. The average molecular weight is 561 g/mol. The van der Waals surface area contributed by atoms with Crippen molar-refractivity contribution in [3.63, 3.8) is 0 Å². The molecular formula is C31H36N4O4S. The fourth-order valence-electron chi connectivity index (χ4n) is 6.18. The fourth-order valence-corrected chi connectivity index (χ4v) is 8.24. The molecule has 0 aromatic heterocycles. The molecule has 9 heteroatoms. The van der Waals surface area contributed by atoms with Crippen LogP contribution >= 0.6 is 0 Å². The summed E-state index contributed by atoms with van der Waals surface area (Å²) in [5.41, 5.74) is 6.52. The van der Waals surface area contributed by atoms with Crippen LogP contribution in [0.3, 0.4) is 0 Å². The highest BCUT2D eigenvalue weighted by Crippen LogP contribution is 2.39. The van der Waals surface area contributed by atoms with Crippen molar-refractivity contribution in [2.45, 2.75) is 52.0 Å². The molecule has 8 nitrogen and oxygen atoms in total. The number of amides is 2. The molecule has 2 heterocycles. The molecule has 2 aliphatic rings. The van der Waals surface area contributed by atoms with Crippen LogP contribution in [-0.4, -0.2) is 57.4 Å². The van der Waals surface area contributed by atoms with Gasteiger partial charge < -0.3 is 15.1 Å². The number of carbonyl (C=O) groups is 2. The second kappa shape index (κ2) is 10.6. The number of hydrogen-bond donors (Lipinski definition) is 1. The van der Waals surface area contributed by atoms with E-state index in [0.717, 1.165) is 9.87 Å². The number of carbonyl (C=O) groups excluding carboxylic acids is 2. The van der Waals surface area contributed by atoms with Crippen molar-refractivity contribution in [3.8, 4) is 0 Å². The number of hydrogen-bond acceptors (Lipinski definition) is 5. The van der Waals surface area contributed by atoms with Crippen molar-refractivity contribution in [1.29, 1.82) is 0 Å². The van der Waals surface area contributed by atoms with E-state index in [0.29, 0.717) is 48.7 Å². The Morgan fingerprint density at radius 3 is 2.08 bits per heavy atom. The molecule has 0 spiro atoms. The number of aryl methyl sites for hydroxylation is 5. The molecule has 0 saturated carbocycles. The summed E-state index contributed by atoms with van der Waals surface area (Å²) in [7, 11) is -4.17. The van der Waals surface area contributed by atoms with Crippen molar-refractivity contribution < 1.29 is 18.0 Å². The summed E-state index contributed by atoms with van der Waals surface area (Å²) in [4.78, 5) is 31.2. The lowest BCUT2D eigenvalue weighted by Gasteiger charge is -2.40. The van der Waals surface area contributed by atoms with E-state index < -0.39 is 22.0 Å². The van der Waals surface area contributed by atoms with Gasteiger partial charge in [-0.25, -0.2) is 8.42 Å². The van der Waals surface area contributed by atoms with E-state index in [1.165, 1.54) is 16.8 Å². The number of sulfonamides is 1. The second-order valence-electron chi connectivity index (χ2n) is 10.9. The van der Waals surface area contributed by atoms with E-state index in [4.69, 9.17) is 0 Å². The van der Waals surface area contributed by atoms with E-state index in [-0.39, 0.29) is 17.2 Å². The summed E-state index contributed by atoms with van der Waals surface area (Å²) in [6, 6.07) is 15.5. The topological polar surface area (TPSA) is 90.0 Å². The predicted molar refractivity (Wildman–Crippen MR) is 159 cm³/mol. The van der Waals surface area contributed by atoms with Crippen LogP contribution < -0.4 is 14.5 Å². The Morgan fingerprint density at radius 2 is 1.45 bits per heavy atom. The maximum Gasteiger partial charge on any atom is 0.265 e. The number of rotatable bonds is 5. The summed E-state index contributed by atoms with van der Waals surface area (Å²) in [6.45, 7) is 12.0. The average Bonchev–Trinajstić information content (AvgIpc) is 2.88. The van der Waals surface area contributed by atoms with Crippen molar-refractivity contribution in [1.82, 2.24) is 4.90 Å². The molecule has 1 atom stereocenters. The summed E-state index contributed by atoms with van der Waals surface area (Å²) < 4.78 is 29.8. The van der Waals surface area contributed by atoms with Gasteiger partial charge in [0.05, 0.1) is 22.7 Å².